The molecule has 0 saturated carbocycles. The minimum Gasteiger partial charge on any atom is -0.461 e. The molecule has 1 aliphatic rings. The first-order valence-corrected chi connectivity index (χ1v) is 8.23. The van der Waals surface area contributed by atoms with Gasteiger partial charge >= 0.3 is 12.1 Å². The van der Waals surface area contributed by atoms with E-state index in [1.165, 1.54) is 10.7 Å². The molecular formula is C18H15F4N3O3. The fraction of sp³-hybridized carbons (Fsp3) is 0.278. The van der Waals surface area contributed by atoms with Gasteiger partial charge in [-0.2, -0.15) is 18.3 Å². The number of benzene rings is 1. The quantitative estimate of drug-likeness (QED) is 0.484. The molecule has 1 unspecified atom stereocenters. The second-order valence-corrected chi connectivity index (χ2v) is 6.04. The molecule has 1 aromatic heterocycles. The summed E-state index contributed by atoms with van der Waals surface area (Å²) < 4.78 is 58.8. The summed E-state index contributed by atoms with van der Waals surface area (Å²) in [6, 6.07) is 2.78. The molecule has 0 amide bonds. The van der Waals surface area contributed by atoms with E-state index in [1.807, 2.05) is 0 Å². The number of nitrogens with one attached hydrogen (secondary N) is 1. The Morgan fingerprint density at radius 2 is 2.07 bits per heavy atom. The van der Waals surface area contributed by atoms with E-state index >= 15 is 0 Å². The minimum absolute atomic E-state index is 0.0540. The number of carbonyl (C=O) groups excluding carboxylic acids is 2. The molecule has 6 nitrogen and oxygen atoms in total. The standard InChI is InChI=1S/C18H15F4N3O3/c1-3-28-17(27)14-7-15-23-9(2)11(8-26)16(25(15)24-14)10-4-5-12(13(19)6-10)18(20,21)22/h4-8,16,23H,3H2,1-2H3. The Hall–Kier alpha value is -3.17. The number of hydrogen-bond donors (Lipinski definition) is 1. The summed E-state index contributed by atoms with van der Waals surface area (Å²) in [6.07, 6.45) is -4.33. The van der Waals surface area contributed by atoms with Crippen molar-refractivity contribution in [2.45, 2.75) is 26.1 Å². The van der Waals surface area contributed by atoms with Crippen LogP contribution in [-0.2, 0) is 15.7 Å². The normalized spacial score (nSPS) is 16.4. The van der Waals surface area contributed by atoms with E-state index in [9.17, 15) is 27.2 Å². The van der Waals surface area contributed by atoms with E-state index in [0.717, 1.165) is 6.07 Å². The maximum atomic E-state index is 14.1. The second kappa shape index (κ2) is 7.10. The predicted octanol–water partition coefficient (Wildman–Crippen LogP) is 3.71. The monoisotopic (exact) mass is 397 g/mol. The van der Waals surface area contributed by atoms with E-state index in [-0.39, 0.29) is 23.4 Å². The highest BCUT2D eigenvalue weighted by atomic mass is 19.4. The van der Waals surface area contributed by atoms with Crippen LogP contribution >= 0.6 is 0 Å². The predicted molar refractivity (Wildman–Crippen MR) is 90.1 cm³/mol. The summed E-state index contributed by atoms with van der Waals surface area (Å²) in [5.74, 6) is -1.85. The topological polar surface area (TPSA) is 73.2 Å². The average molecular weight is 397 g/mol. The van der Waals surface area contributed by atoms with Crippen LogP contribution in [0.5, 0.6) is 0 Å². The smallest absolute Gasteiger partial charge is 0.419 e. The van der Waals surface area contributed by atoms with Gasteiger partial charge < -0.3 is 10.1 Å². The summed E-state index contributed by atoms with van der Waals surface area (Å²) >= 11 is 0. The number of esters is 1. The molecule has 2 heterocycles. The van der Waals surface area contributed by atoms with Crippen molar-refractivity contribution in [3.63, 3.8) is 0 Å². The van der Waals surface area contributed by atoms with Crippen molar-refractivity contribution in [3.8, 4) is 0 Å². The third kappa shape index (κ3) is 3.37. The Labute approximate surface area is 156 Å². The van der Waals surface area contributed by atoms with Gasteiger partial charge in [-0.3, -0.25) is 4.79 Å². The molecule has 0 fully saturated rings. The van der Waals surface area contributed by atoms with Crippen molar-refractivity contribution < 1.29 is 31.9 Å². The molecule has 28 heavy (non-hydrogen) atoms. The zero-order valence-corrected chi connectivity index (χ0v) is 14.8. The number of fused-ring (bicyclic) bond motifs is 1. The van der Waals surface area contributed by atoms with Gasteiger partial charge in [-0.1, -0.05) is 6.07 Å². The number of rotatable bonds is 4. The summed E-state index contributed by atoms with van der Waals surface area (Å²) in [6.45, 7) is 3.33. The van der Waals surface area contributed by atoms with Gasteiger partial charge in [-0.15, -0.1) is 0 Å². The molecule has 0 radical (unpaired) electrons. The molecule has 3 rings (SSSR count). The third-order valence-corrected chi connectivity index (χ3v) is 4.25. The number of aromatic nitrogens is 2. The van der Waals surface area contributed by atoms with E-state index in [0.29, 0.717) is 29.9 Å². The van der Waals surface area contributed by atoms with Gasteiger partial charge in [0, 0.05) is 17.3 Å². The molecular weight excluding hydrogens is 382 g/mol. The zero-order chi connectivity index (χ0) is 20.6. The second-order valence-electron chi connectivity index (χ2n) is 6.04. The summed E-state index contributed by atoms with van der Waals surface area (Å²) in [4.78, 5) is 23.6. The third-order valence-electron chi connectivity index (χ3n) is 4.25. The molecule has 10 heteroatoms. The molecule has 0 bridgehead atoms. The number of anilines is 1. The minimum atomic E-state index is -4.84. The lowest BCUT2D eigenvalue weighted by Crippen LogP contribution is -2.25. The van der Waals surface area contributed by atoms with E-state index < -0.39 is 29.6 Å². The Kier molecular flexibility index (Phi) is 4.97. The lowest BCUT2D eigenvalue weighted by Gasteiger charge is -2.28. The van der Waals surface area contributed by atoms with Crippen LogP contribution in [-0.4, -0.2) is 28.6 Å². The van der Waals surface area contributed by atoms with Gasteiger partial charge in [-0.25, -0.2) is 13.9 Å². The molecule has 0 aliphatic carbocycles. The molecule has 0 saturated heterocycles. The lowest BCUT2D eigenvalue weighted by atomic mass is 9.95. The SMILES string of the molecule is CCOC(=O)c1cc2n(n1)C(c1ccc(C(F)(F)F)c(F)c1)C(C=O)=C(C)N2. The number of carbonyl (C=O) groups is 2. The van der Waals surface area contributed by atoms with E-state index in [2.05, 4.69) is 10.4 Å². The van der Waals surface area contributed by atoms with Gasteiger partial charge in [0.1, 0.15) is 24.0 Å². The Morgan fingerprint density at radius 3 is 2.64 bits per heavy atom. The van der Waals surface area contributed by atoms with Crippen molar-refractivity contribution >= 4 is 18.1 Å². The van der Waals surface area contributed by atoms with Crippen LogP contribution in [0.15, 0.2) is 35.5 Å². The molecule has 2 aromatic rings. The van der Waals surface area contributed by atoms with Gasteiger partial charge in [0.05, 0.1) is 12.2 Å². The van der Waals surface area contributed by atoms with Crippen LogP contribution in [0.25, 0.3) is 0 Å². The van der Waals surface area contributed by atoms with Crippen LogP contribution < -0.4 is 5.32 Å². The largest absolute Gasteiger partial charge is 0.461 e. The van der Waals surface area contributed by atoms with Gasteiger partial charge in [-0.05, 0) is 31.5 Å². The molecule has 1 aromatic carbocycles. The number of ether oxygens (including phenoxy) is 1. The fourth-order valence-electron chi connectivity index (χ4n) is 3.00. The first kappa shape index (κ1) is 19.6. The molecule has 1 N–H and O–H groups in total. The number of nitrogens with zero attached hydrogens (tertiary/aromatic N) is 2. The molecule has 0 spiro atoms. The van der Waals surface area contributed by atoms with Crippen molar-refractivity contribution in [1.82, 2.24) is 9.78 Å². The maximum absolute atomic E-state index is 14.1. The fourth-order valence-corrected chi connectivity index (χ4v) is 3.00. The van der Waals surface area contributed by atoms with Gasteiger partial charge in [0.15, 0.2) is 5.69 Å². The van der Waals surface area contributed by atoms with E-state index in [4.69, 9.17) is 4.74 Å². The van der Waals surface area contributed by atoms with E-state index in [1.54, 1.807) is 13.8 Å². The highest BCUT2D eigenvalue weighted by molar-refractivity contribution is 5.89. The Morgan fingerprint density at radius 1 is 1.36 bits per heavy atom. The highest BCUT2D eigenvalue weighted by Gasteiger charge is 2.36. The maximum Gasteiger partial charge on any atom is 0.419 e. The number of alkyl halides is 3. The number of hydrogen-bond acceptors (Lipinski definition) is 5. The summed E-state index contributed by atoms with van der Waals surface area (Å²) in [5.41, 5.74) is -0.838. The zero-order valence-electron chi connectivity index (χ0n) is 14.8. The average Bonchev–Trinajstić information content (AvgIpc) is 3.03. The number of halogens is 4. The van der Waals surface area contributed by atoms with Crippen LogP contribution in [0.4, 0.5) is 23.4 Å². The molecule has 1 aliphatic heterocycles. The lowest BCUT2D eigenvalue weighted by molar-refractivity contribution is -0.140. The van der Waals surface area contributed by atoms with Crippen LogP contribution in [0.3, 0.4) is 0 Å². The van der Waals surface area contributed by atoms with Crippen molar-refractivity contribution in [3.05, 3.63) is 58.2 Å². The number of aldehydes is 1. The van der Waals surface area contributed by atoms with Crippen molar-refractivity contribution in [2.75, 3.05) is 11.9 Å². The number of allylic oxidation sites excluding steroid dienone is 2. The molecule has 1 atom stereocenters. The Bertz CT molecular complexity index is 979. The van der Waals surface area contributed by atoms with Gasteiger partial charge in [0.25, 0.3) is 0 Å². The molecule has 148 valence electrons. The van der Waals surface area contributed by atoms with Crippen molar-refractivity contribution in [2.24, 2.45) is 0 Å². The van der Waals surface area contributed by atoms with Crippen molar-refractivity contribution in [1.29, 1.82) is 0 Å². The highest BCUT2D eigenvalue weighted by Crippen LogP contribution is 2.38. The van der Waals surface area contributed by atoms with Crippen LogP contribution in [0.1, 0.15) is 41.5 Å². The summed E-state index contributed by atoms with van der Waals surface area (Å²) in [7, 11) is 0. The van der Waals surface area contributed by atoms with Crippen LogP contribution in [0, 0.1) is 5.82 Å². The van der Waals surface area contributed by atoms with Gasteiger partial charge in [0.2, 0.25) is 0 Å². The Balaban J connectivity index is 2.13. The van der Waals surface area contributed by atoms with Crippen LogP contribution in [0.2, 0.25) is 0 Å². The first-order valence-electron chi connectivity index (χ1n) is 8.23. The first-order chi connectivity index (χ1) is 13.2. The summed E-state index contributed by atoms with van der Waals surface area (Å²) in [5, 5.41) is 7.00.